The average molecular weight is 262 g/mol. The Morgan fingerprint density at radius 2 is 2.13 bits per heavy atom. The SMILES string of the molecule is C/C(=N/NC(N)=S)c1cccc(Cl)c1Cl. The molecular weight excluding hydrogens is 253 g/mol. The van der Waals surface area contributed by atoms with Gasteiger partial charge in [0.2, 0.25) is 0 Å². The van der Waals surface area contributed by atoms with Crippen LogP contribution < -0.4 is 11.2 Å². The van der Waals surface area contributed by atoms with Gasteiger partial charge in [-0.05, 0) is 25.2 Å². The van der Waals surface area contributed by atoms with Gasteiger partial charge in [-0.15, -0.1) is 0 Å². The summed E-state index contributed by atoms with van der Waals surface area (Å²) < 4.78 is 0. The summed E-state index contributed by atoms with van der Waals surface area (Å²) in [5.74, 6) is 0. The first kappa shape index (κ1) is 12.2. The van der Waals surface area contributed by atoms with Crippen LogP contribution in [0.25, 0.3) is 0 Å². The number of halogens is 2. The van der Waals surface area contributed by atoms with Gasteiger partial charge in [-0.3, -0.25) is 5.43 Å². The standard InChI is InChI=1S/C9H9Cl2N3S/c1-5(13-14-9(12)15)6-3-2-4-7(10)8(6)11/h2-4H,1H3,(H3,12,14,15)/b13-5-. The molecule has 6 heteroatoms. The van der Waals surface area contributed by atoms with Crippen LogP contribution in [0.15, 0.2) is 23.3 Å². The van der Waals surface area contributed by atoms with E-state index in [0.29, 0.717) is 15.8 Å². The molecule has 0 atom stereocenters. The van der Waals surface area contributed by atoms with E-state index in [4.69, 9.17) is 28.9 Å². The van der Waals surface area contributed by atoms with Crippen LogP contribution >= 0.6 is 35.4 Å². The third-order valence-corrected chi connectivity index (χ3v) is 2.59. The van der Waals surface area contributed by atoms with Crippen LogP contribution in [0.4, 0.5) is 0 Å². The van der Waals surface area contributed by atoms with Gasteiger partial charge in [0.25, 0.3) is 0 Å². The molecule has 0 unspecified atom stereocenters. The number of hydrogen-bond donors (Lipinski definition) is 2. The van der Waals surface area contributed by atoms with Crippen molar-refractivity contribution in [1.82, 2.24) is 5.43 Å². The van der Waals surface area contributed by atoms with Gasteiger partial charge in [-0.25, -0.2) is 0 Å². The monoisotopic (exact) mass is 261 g/mol. The molecule has 0 aromatic heterocycles. The molecule has 80 valence electrons. The van der Waals surface area contributed by atoms with Crippen molar-refractivity contribution in [2.75, 3.05) is 0 Å². The normalized spacial score (nSPS) is 11.3. The highest BCUT2D eigenvalue weighted by Crippen LogP contribution is 2.25. The summed E-state index contributed by atoms with van der Waals surface area (Å²) in [6.45, 7) is 1.78. The lowest BCUT2D eigenvalue weighted by molar-refractivity contribution is 1.03. The maximum Gasteiger partial charge on any atom is 0.184 e. The van der Waals surface area contributed by atoms with Crippen molar-refractivity contribution < 1.29 is 0 Å². The molecule has 1 aromatic carbocycles. The lowest BCUT2D eigenvalue weighted by atomic mass is 10.1. The number of hydrogen-bond acceptors (Lipinski definition) is 2. The number of rotatable bonds is 2. The molecule has 0 bridgehead atoms. The van der Waals surface area contributed by atoms with Gasteiger partial charge >= 0.3 is 0 Å². The number of thiocarbonyl (C=S) groups is 1. The first-order valence-corrected chi connectivity index (χ1v) is 5.23. The Morgan fingerprint density at radius 3 is 2.73 bits per heavy atom. The summed E-state index contributed by atoms with van der Waals surface area (Å²) in [4.78, 5) is 0. The lowest BCUT2D eigenvalue weighted by Gasteiger charge is -2.05. The molecule has 0 aliphatic carbocycles. The molecule has 0 heterocycles. The molecule has 0 aliphatic heterocycles. The van der Waals surface area contributed by atoms with Gasteiger partial charge in [0.05, 0.1) is 15.8 Å². The lowest BCUT2D eigenvalue weighted by Crippen LogP contribution is -2.25. The minimum absolute atomic E-state index is 0.104. The second kappa shape index (κ2) is 5.30. The van der Waals surface area contributed by atoms with Crippen molar-refractivity contribution in [3.8, 4) is 0 Å². The topological polar surface area (TPSA) is 50.4 Å². The fourth-order valence-electron chi connectivity index (χ4n) is 0.982. The summed E-state index contributed by atoms with van der Waals surface area (Å²) in [7, 11) is 0. The molecule has 3 N–H and O–H groups in total. The Hall–Kier alpha value is -0.840. The number of hydrazone groups is 1. The number of nitrogens with two attached hydrogens (primary N) is 1. The number of nitrogens with zero attached hydrogens (tertiary/aromatic N) is 1. The molecule has 0 radical (unpaired) electrons. The molecule has 0 saturated heterocycles. The second-order valence-electron chi connectivity index (χ2n) is 2.77. The Morgan fingerprint density at radius 1 is 1.47 bits per heavy atom. The van der Waals surface area contributed by atoms with Crippen molar-refractivity contribution >= 4 is 46.2 Å². The van der Waals surface area contributed by atoms with E-state index in [2.05, 4.69) is 22.7 Å². The zero-order valence-electron chi connectivity index (χ0n) is 7.92. The van der Waals surface area contributed by atoms with E-state index in [1.54, 1.807) is 19.1 Å². The molecule has 1 aromatic rings. The smallest absolute Gasteiger partial charge is 0.184 e. The summed E-state index contributed by atoms with van der Waals surface area (Å²) >= 11 is 16.5. The van der Waals surface area contributed by atoms with E-state index in [9.17, 15) is 0 Å². The Labute approximate surface area is 103 Å². The van der Waals surface area contributed by atoms with Crippen LogP contribution in [0.3, 0.4) is 0 Å². The highest BCUT2D eigenvalue weighted by Gasteiger charge is 2.06. The fourth-order valence-corrected chi connectivity index (χ4v) is 1.47. The van der Waals surface area contributed by atoms with Crippen molar-refractivity contribution in [1.29, 1.82) is 0 Å². The van der Waals surface area contributed by atoms with E-state index in [1.165, 1.54) is 0 Å². The average Bonchev–Trinajstić information content (AvgIpc) is 2.18. The van der Waals surface area contributed by atoms with Crippen molar-refractivity contribution in [3.63, 3.8) is 0 Å². The Bertz CT molecular complexity index is 418. The highest BCUT2D eigenvalue weighted by atomic mass is 35.5. The zero-order valence-corrected chi connectivity index (χ0v) is 10.2. The molecule has 3 nitrogen and oxygen atoms in total. The molecule has 0 aliphatic rings. The first-order valence-electron chi connectivity index (χ1n) is 4.06. The molecule has 0 fully saturated rings. The van der Waals surface area contributed by atoms with Gasteiger partial charge in [0, 0.05) is 5.56 Å². The van der Waals surface area contributed by atoms with E-state index < -0.39 is 0 Å². The maximum atomic E-state index is 6.00. The maximum absolute atomic E-state index is 6.00. The predicted octanol–water partition coefficient (Wildman–Crippen LogP) is 2.55. The molecular formula is C9H9Cl2N3S. The van der Waals surface area contributed by atoms with Gasteiger partial charge in [-0.1, -0.05) is 35.3 Å². The van der Waals surface area contributed by atoms with Crippen LogP contribution in [0, 0.1) is 0 Å². The highest BCUT2D eigenvalue weighted by molar-refractivity contribution is 7.80. The third-order valence-electron chi connectivity index (χ3n) is 1.68. The van der Waals surface area contributed by atoms with Crippen LogP contribution in [0.5, 0.6) is 0 Å². The van der Waals surface area contributed by atoms with Crippen molar-refractivity contribution in [2.45, 2.75) is 6.92 Å². The van der Waals surface area contributed by atoms with Gasteiger partial charge in [-0.2, -0.15) is 5.10 Å². The van der Waals surface area contributed by atoms with Crippen molar-refractivity contribution in [3.05, 3.63) is 33.8 Å². The molecule has 0 amide bonds. The molecule has 0 saturated carbocycles. The minimum atomic E-state index is 0.104. The molecule has 1 rings (SSSR count). The first-order chi connectivity index (χ1) is 7.02. The van der Waals surface area contributed by atoms with E-state index in [0.717, 1.165) is 5.56 Å². The summed E-state index contributed by atoms with van der Waals surface area (Å²) in [6.07, 6.45) is 0. The van der Waals surface area contributed by atoms with Crippen LogP contribution in [-0.4, -0.2) is 10.8 Å². The second-order valence-corrected chi connectivity index (χ2v) is 4.00. The van der Waals surface area contributed by atoms with Crippen LogP contribution in [0.1, 0.15) is 12.5 Å². The minimum Gasteiger partial charge on any atom is -0.375 e. The fraction of sp³-hybridized carbons (Fsp3) is 0.111. The summed E-state index contributed by atoms with van der Waals surface area (Å²) in [5.41, 5.74) is 9.13. The Balaban J connectivity index is 3.00. The zero-order chi connectivity index (χ0) is 11.4. The summed E-state index contributed by atoms with van der Waals surface area (Å²) in [6, 6.07) is 5.32. The quantitative estimate of drug-likeness (QED) is 0.489. The predicted molar refractivity (Wildman–Crippen MR) is 68.6 cm³/mol. The molecule has 0 spiro atoms. The van der Waals surface area contributed by atoms with Gasteiger partial charge in [0.1, 0.15) is 0 Å². The van der Waals surface area contributed by atoms with E-state index in [-0.39, 0.29) is 5.11 Å². The summed E-state index contributed by atoms with van der Waals surface area (Å²) in [5, 5.41) is 5.01. The third kappa shape index (κ3) is 3.34. The van der Waals surface area contributed by atoms with Gasteiger partial charge < -0.3 is 5.73 Å². The van der Waals surface area contributed by atoms with Crippen LogP contribution in [0.2, 0.25) is 10.0 Å². The van der Waals surface area contributed by atoms with Crippen LogP contribution in [-0.2, 0) is 0 Å². The van der Waals surface area contributed by atoms with Gasteiger partial charge in [0.15, 0.2) is 5.11 Å². The van der Waals surface area contributed by atoms with E-state index in [1.807, 2.05) is 6.07 Å². The Kier molecular flexibility index (Phi) is 4.32. The van der Waals surface area contributed by atoms with E-state index >= 15 is 0 Å². The van der Waals surface area contributed by atoms with Crippen molar-refractivity contribution in [2.24, 2.45) is 10.8 Å². The number of nitrogens with one attached hydrogen (secondary N) is 1. The number of benzene rings is 1. The largest absolute Gasteiger partial charge is 0.375 e. The molecule has 15 heavy (non-hydrogen) atoms.